The number of alkyl halides is 1. The summed E-state index contributed by atoms with van der Waals surface area (Å²) >= 11 is 3.03. The second kappa shape index (κ2) is 25.4. The zero-order valence-electron chi connectivity index (χ0n) is 36.7. The maximum absolute atomic E-state index is 11.7. The molecule has 3 aromatic heterocycles. The Kier molecular flexibility index (Phi) is 21.2. The monoisotopic (exact) mass is 916 g/mol. The third-order valence-corrected chi connectivity index (χ3v) is 9.27. The number of aromatic amines is 1. The van der Waals surface area contributed by atoms with Crippen LogP contribution in [0, 0.1) is 16.2 Å². The van der Waals surface area contributed by atoms with E-state index in [0.29, 0.717) is 28.8 Å². The van der Waals surface area contributed by atoms with Gasteiger partial charge in [0.05, 0.1) is 41.8 Å². The number of imidazole rings is 1. The average molecular weight is 918 g/mol. The van der Waals surface area contributed by atoms with Crippen molar-refractivity contribution in [1.82, 2.24) is 19.9 Å². The number of carboxylic acid groups (broad SMARTS) is 1. The summed E-state index contributed by atoms with van der Waals surface area (Å²) in [6, 6.07) is 22.6. The zero-order valence-corrected chi connectivity index (χ0v) is 38.3. The van der Waals surface area contributed by atoms with Gasteiger partial charge in [-0.3, -0.25) is 34.6 Å². The van der Waals surface area contributed by atoms with Gasteiger partial charge in [0.1, 0.15) is 42.2 Å². The quantitative estimate of drug-likeness (QED) is 0.0335. The molecule has 332 valence electrons. The number of nitrogens with zero attached hydrogens (tertiary/aromatic N) is 3. The molecule has 0 fully saturated rings. The second-order valence-electron chi connectivity index (χ2n) is 14.8. The summed E-state index contributed by atoms with van der Waals surface area (Å²) in [4.78, 5) is 59.0. The van der Waals surface area contributed by atoms with Gasteiger partial charge in [-0.15, -0.1) is 0 Å². The Balaban J connectivity index is 0.000000353. The first-order chi connectivity index (χ1) is 29.3. The molecule has 0 aliphatic rings. The minimum Gasteiger partial charge on any atom is -0.492 e. The van der Waals surface area contributed by atoms with Gasteiger partial charge in [-0.05, 0) is 107 Å². The van der Waals surface area contributed by atoms with Crippen LogP contribution < -0.4 is 15.2 Å². The SMILES string of the molecule is CC(=O)O.CCC(=O)CBr.CCc1cnc(-c2ccc(-c3ccc(OCC(C)(C)C(=O)OC)cc3)nc2)[nH]1.COC(=O)C(C)(C)COc1ccc(-c2ccc(C(=N)N)cn2)cc1. The number of amidine groups is 1. The molecule has 0 aliphatic carbocycles. The number of halogens is 1. The van der Waals surface area contributed by atoms with E-state index >= 15 is 0 Å². The number of ketones is 1. The van der Waals surface area contributed by atoms with Crippen LogP contribution >= 0.6 is 15.9 Å². The van der Waals surface area contributed by atoms with E-state index in [1.165, 1.54) is 14.2 Å². The zero-order chi connectivity index (χ0) is 46.5. The van der Waals surface area contributed by atoms with Crippen molar-refractivity contribution in [2.24, 2.45) is 16.6 Å². The van der Waals surface area contributed by atoms with E-state index in [1.807, 2.05) is 86.0 Å². The number of carbonyl (C=O) groups excluding carboxylic acids is 3. The van der Waals surface area contributed by atoms with Gasteiger partial charge in [-0.25, -0.2) is 4.98 Å². The number of H-pyrrole nitrogens is 1. The second-order valence-corrected chi connectivity index (χ2v) is 15.4. The van der Waals surface area contributed by atoms with Crippen LogP contribution in [0.1, 0.15) is 66.1 Å². The van der Waals surface area contributed by atoms with Crippen molar-refractivity contribution in [3.8, 4) is 45.4 Å². The number of aliphatic carboxylic acids is 1. The Hall–Kier alpha value is -6.42. The van der Waals surface area contributed by atoms with Crippen LogP contribution in [0.4, 0.5) is 0 Å². The molecule has 0 aliphatic heterocycles. The molecule has 0 radical (unpaired) electrons. The highest BCUT2D eigenvalue weighted by Crippen LogP contribution is 2.26. The van der Waals surface area contributed by atoms with E-state index in [2.05, 4.69) is 42.8 Å². The minimum atomic E-state index is -0.833. The summed E-state index contributed by atoms with van der Waals surface area (Å²) < 4.78 is 21.0. The number of ether oxygens (including phenoxy) is 4. The molecular formula is C46H57BrN6O9. The van der Waals surface area contributed by atoms with E-state index < -0.39 is 16.8 Å². The Morgan fingerprint density at radius 1 is 0.710 bits per heavy atom. The van der Waals surface area contributed by atoms with Crippen molar-refractivity contribution in [2.45, 2.75) is 61.3 Å². The maximum Gasteiger partial charge on any atom is 0.314 e. The first-order valence-corrected chi connectivity index (χ1v) is 20.6. The number of pyridine rings is 2. The summed E-state index contributed by atoms with van der Waals surface area (Å²) in [5, 5.41) is 15.3. The van der Waals surface area contributed by atoms with E-state index in [1.54, 1.807) is 40.0 Å². The lowest BCUT2D eigenvalue weighted by molar-refractivity contribution is -0.153. The van der Waals surface area contributed by atoms with Gasteiger partial charge in [0, 0.05) is 59.9 Å². The number of Topliss-reactive ketones (excluding diaryl/α,β-unsaturated/α-hetero) is 1. The number of aryl methyl sites for hydroxylation is 1. The molecule has 15 nitrogen and oxygen atoms in total. The standard InChI is InChI=1S/C22H25N3O3.C18H21N3O3.C4H7BrO.C2H4O2/c1-5-17-13-24-20(25-17)16-8-11-19(23-12-16)15-6-9-18(10-7-15)28-14-22(2,3)21(26)27-4;1-18(2,17(22)23-3)11-24-14-7-4-12(5-8-14)15-9-6-13(10-21-15)16(19)20;1-2-4(6)3-5;1-2(3)4/h6-13H,5,14H2,1-4H3,(H,24,25);4-10H,11H2,1-3H3,(H3,19,20);2-3H2,1H3;1H3,(H,3,4). The number of rotatable bonds is 15. The van der Waals surface area contributed by atoms with Crippen LogP contribution in [-0.4, -0.2) is 87.3 Å². The number of benzene rings is 2. The van der Waals surface area contributed by atoms with Gasteiger partial charge in [-0.1, -0.05) is 29.8 Å². The van der Waals surface area contributed by atoms with Crippen LogP contribution in [0.25, 0.3) is 33.9 Å². The molecule has 0 amide bonds. The number of nitrogen functional groups attached to an aromatic ring is 1. The summed E-state index contributed by atoms with van der Waals surface area (Å²) in [6.07, 6.45) is 6.80. The van der Waals surface area contributed by atoms with Gasteiger partial charge >= 0.3 is 11.9 Å². The summed E-state index contributed by atoms with van der Waals surface area (Å²) in [5.74, 6) is 0.995. The number of methoxy groups -OCH3 is 2. The summed E-state index contributed by atoms with van der Waals surface area (Å²) in [7, 11) is 2.75. The highest BCUT2D eigenvalue weighted by atomic mass is 79.9. The van der Waals surface area contributed by atoms with Crippen LogP contribution in [0.2, 0.25) is 0 Å². The van der Waals surface area contributed by atoms with Crippen LogP contribution in [0.3, 0.4) is 0 Å². The van der Waals surface area contributed by atoms with E-state index in [4.69, 9.17) is 40.0 Å². The van der Waals surface area contributed by atoms with Crippen molar-refractivity contribution in [3.63, 3.8) is 0 Å². The Bertz CT molecular complexity index is 2180. The highest BCUT2D eigenvalue weighted by molar-refractivity contribution is 9.09. The fourth-order valence-corrected chi connectivity index (χ4v) is 5.25. The smallest absolute Gasteiger partial charge is 0.314 e. The van der Waals surface area contributed by atoms with Crippen LogP contribution in [0.15, 0.2) is 91.4 Å². The van der Waals surface area contributed by atoms with Crippen molar-refractivity contribution >= 4 is 45.5 Å². The van der Waals surface area contributed by atoms with E-state index in [-0.39, 0.29) is 36.8 Å². The molecule has 5 N–H and O–H groups in total. The third-order valence-electron chi connectivity index (χ3n) is 8.64. The molecule has 16 heteroatoms. The lowest BCUT2D eigenvalue weighted by atomic mass is 9.95. The Morgan fingerprint density at radius 2 is 1.15 bits per heavy atom. The summed E-state index contributed by atoms with van der Waals surface area (Å²) in [5.41, 5.74) is 10.2. The van der Waals surface area contributed by atoms with Crippen molar-refractivity contribution in [2.75, 3.05) is 32.8 Å². The average Bonchev–Trinajstić information content (AvgIpc) is 3.77. The van der Waals surface area contributed by atoms with Crippen molar-refractivity contribution in [1.29, 1.82) is 5.41 Å². The van der Waals surface area contributed by atoms with Crippen molar-refractivity contribution < 1.29 is 43.2 Å². The number of aromatic nitrogens is 4. The van der Waals surface area contributed by atoms with Gasteiger partial charge in [0.25, 0.3) is 5.97 Å². The molecule has 0 saturated carbocycles. The van der Waals surface area contributed by atoms with Gasteiger partial charge in [0.15, 0.2) is 0 Å². The van der Waals surface area contributed by atoms with E-state index in [0.717, 1.165) is 52.9 Å². The highest BCUT2D eigenvalue weighted by Gasteiger charge is 2.30. The molecule has 5 rings (SSSR count). The lowest BCUT2D eigenvalue weighted by Crippen LogP contribution is -2.32. The third kappa shape index (κ3) is 17.3. The molecule has 5 aromatic rings. The largest absolute Gasteiger partial charge is 0.492 e. The van der Waals surface area contributed by atoms with E-state index in [9.17, 15) is 14.4 Å². The Labute approximate surface area is 371 Å². The molecule has 2 aromatic carbocycles. The first-order valence-electron chi connectivity index (χ1n) is 19.5. The molecule has 0 unspecified atom stereocenters. The minimum absolute atomic E-state index is 0.00832. The number of hydrogen-bond acceptors (Lipinski definition) is 12. The van der Waals surface area contributed by atoms with Gasteiger partial charge in [0.2, 0.25) is 0 Å². The lowest BCUT2D eigenvalue weighted by Gasteiger charge is -2.21. The van der Waals surface area contributed by atoms with Crippen LogP contribution in [-0.2, 0) is 35.1 Å². The fraction of sp³-hybridized carbons (Fsp3) is 0.348. The predicted molar refractivity (Wildman–Crippen MR) is 242 cm³/mol. The number of nitrogens with two attached hydrogens (primary N) is 1. The van der Waals surface area contributed by atoms with Crippen LogP contribution in [0.5, 0.6) is 11.5 Å². The molecule has 0 spiro atoms. The predicted octanol–water partition coefficient (Wildman–Crippen LogP) is 8.34. The van der Waals surface area contributed by atoms with Crippen molar-refractivity contribution in [3.05, 3.63) is 103 Å². The number of carboxylic acids is 1. The first kappa shape index (κ1) is 51.7. The number of nitrogens with one attached hydrogen (secondary N) is 2. The van der Waals surface area contributed by atoms with Gasteiger partial charge < -0.3 is 34.8 Å². The molecular weight excluding hydrogens is 860 g/mol. The number of carbonyl (C=O) groups is 4. The topological polar surface area (TPSA) is 230 Å². The molecule has 0 bridgehead atoms. The molecule has 0 atom stereocenters. The molecule has 62 heavy (non-hydrogen) atoms. The molecule has 0 saturated heterocycles. The molecule has 3 heterocycles. The maximum atomic E-state index is 11.7. The number of esters is 2. The normalized spacial score (nSPS) is 10.5. The fourth-order valence-electron chi connectivity index (χ4n) is 4.85. The Morgan fingerprint density at radius 3 is 1.45 bits per heavy atom. The summed E-state index contributed by atoms with van der Waals surface area (Å²) in [6.45, 7) is 12.6. The van der Waals surface area contributed by atoms with Gasteiger partial charge in [-0.2, -0.15) is 0 Å². The number of hydrogen-bond donors (Lipinski definition) is 4.